The van der Waals surface area contributed by atoms with Crippen LogP contribution in [-0.4, -0.2) is 16.0 Å². The molecule has 2 aromatic carbocycles. The van der Waals surface area contributed by atoms with Gasteiger partial charge in [0.15, 0.2) is 0 Å². The van der Waals surface area contributed by atoms with Crippen LogP contribution >= 0.6 is 0 Å². The molecule has 0 fully saturated rings. The Morgan fingerprint density at radius 1 is 0.923 bits per heavy atom. The van der Waals surface area contributed by atoms with Crippen molar-refractivity contribution >= 4 is 17.5 Å². The van der Waals surface area contributed by atoms with Gasteiger partial charge in [0, 0.05) is 23.4 Å². The molecule has 0 aliphatic rings. The van der Waals surface area contributed by atoms with Gasteiger partial charge in [-0.1, -0.05) is 55.5 Å². The van der Waals surface area contributed by atoms with Crippen LogP contribution in [-0.2, 0) is 0 Å². The molecule has 3 rings (SSSR count). The summed E-state index contributed by atoms with van der Waals surface area (Å²) in [4.78, 5) is 9.41. The highest BCUT2D eigenvalue weighted by molar-refractivity contribution is 5.70. The van der Waals surface area contributed by atoms with Crippen LogP contribution in [0.2, 0.25) is 0 Å². The minimum Gasteiger partial charge on any atom is -0.352 e. The number of nitrogens with one attached hydrogen (secondary N) is 2. The van der Waals surface area contributed by atoms with E-state index < -0.39 is 0 Å². The highest BCUT2D eigenvalue weighted by Crippen LogP contribution is 2.27. The molecule has 0 saturated carbocycles. The summed E-state index contributed by atoms with van der Waals surface area (Å²) in [6.45, 7) is 8.49. The van der Waals surface area contributed by atoms with Gasteiger partial charge in [0.1, 0.15) is 5.82 Å². The molecule has 1 atom stereocenters. The largest absolute Gasteiger partial charge is 0.352 e. The average molecular weight is 346 g/mol. The first-order valence-electron chi connectivity index (χ1n) is 9.11. The Balaban J connectivity index is 2.02. The minimum absolute atomic E-state index is 0.314. The van der Waals surface area contributed by atoms with Crippen molar-refractivity contribution in [2.75, 3.05) is 10.6 Å². The third-order valence-electron chi connectivity index (χ3n) is 4.52. The molecule has 0 aliphatic carbocycles. The van der Waals surface area contributed by atoms with E-state index in [1.54, 1.807) is 0 Å². The van der Waals surface area contributed by atoms with Gasteiger partial charge < -0.3 is 10.6 Å². The monoisotopic (exact) mass is 346 g/mol. The van der Waals surface area contributed by atoms with E-state index in [9.17, 15) is 0 Å². The van der Waals surface area contributed by atoms with Gasteiger partial charge in [-0.25, -0.2) is 4.98 Å². The number of benzene rings is 2. The van der Waals surface area contributed by atoms with Gasteiger partial charge in [0.25, 0.3) is 0 Å². The van der Waals surface area contributed by atoms with E-state index >= 15 is 0 Å². The quantitative estimate of drug-likeness (QED) is 0.600. The Morgan fingerprint density at radius 2 is 1.62 bits per heavy atom. The molecule has 1 heterocycles. The maximum absolute atomic E-state index is 4.72. The lowest BCUT2D eigenvalue weighted by molar-refractivity contribution is 0.753. The van der Waals surface area contributed by atoms with Crippen molar-refractivity contribution < 1.29 is 0 Å². The van der Waals surface area contributed by atoms with Crippen LogP contribution in [0, 0.1) is 13.8 Å². The number of para-hydroxylation sites is 1. The summed E-state index contributed by atoms with van der Waals surface area (Å²) < 4.78 is 0. The Hall–Kier alpha value is -2.88. The van der Waals surface area contributed by atoms with Crippen molar-refractivity contribution in [3.63, 3.8) is 0 Å². The average Bonchev–Trinajstić information content (AvgIpc) is 2.65. The van der Waals surface area contributed by atoms with Crippen LogP contribution in [0.25, 0.3) is 11.3 Å². The highest BCUT2D eigenvalue weighted by atomic mass is 15.2. The first-order chi connectivity index (χ1) is 12.6. The van der Waals surface area contributed by atoms with Gasteiger partial charge in [0.05, 0.1) is 5.69 Å². The van der Waals surface area contributed by atoms with Crippen LogP contribution in [0.1, 0.15) is 31.4 Å². The van der Waals surface area contributed by atoms with Gasteiger partial charge in [0.2, 0.25) is 5.95 Å². The summed E-state index contributed by atoms with van der Waals surface area (Å²) in [5, 5.41) is 6.89. The van der Waals surface area contributed by atoms with Crippen LogP contribution in [0.3, 0.4) is 0 Å². The Labute approximate surface area is 155 Å². The molecule has 4 heteroatoms. The van der Waals surface area contributed by atoms with Crippen LogP contribution in [0.4, 0.5) is 17.5 Å². The molecular weight excluding hydrogens is 320 g/mol. The highest BCUT2D eigenvalue weighted by Gasteiger charge is 2.10. The zero-order valence-corrected chi connectivity index (χ0v) is 15.9. The fourth-order valence-electron chi connectivity index (χ4n) is 2.79. The minimum atomic E-state index is 0.314. The summed E-state index contributed by atoms with van der Waals surface area (Å²) in [5.74, 6) is 1.44. The van der Waals surface area contributed by atoms with E-state index in [1.807, 2.05) is 24.3 Å². The van der Waals surface area contributed by atoms with Gasteiger partial charge >= 0.3 is 0 Å². The van der Waals surface area contributed by atoms with E-state index in [0.29, 0.717) is 12.0 Å². The molecule has 3 aromatic rings. The molecule has 0 aliphatic heterocycles. The summed E-state index contributed by atoms with van der Waals surface area (Å²) in [6.07, 6.45) is 1.01. The lowest BCUT2D eigenvalue weighted by Crippen LogP contribution is -2.16. The zero-order chi connectivity index (χ0) is 18.5. The summed E-state index contributed by atoms with van der Waals surface area (Å²) in [7, 11) is 0. The third kappa shape index (κ3) is 4.20. The molecule has 0 amide bonds. The van der Waals surface area contributed by atoms with Crippen molar-refractivity contribution in [3.8, 4) is 11.3 Å². The second kappa shape index (κ2) is 8.00. The van der Waals surface area contributed by atoms with Crippen molar-refractivity contribution in [1.29, 1.82) is 0 Å². The number of aryl methyl sites for hydroxylation is 2. The molecule has 0 unspecified atom stereocenters. The number of rotatable bonds is 6. The van der Waals surface area contributed by atoms with E-state index in [4.69, 9.17) is 9.97 Å². The van der Waals surface area contributed by atoms with Crippen LogP contribution in [0.15, 0.2) is 54.6 Å². The van der Waals surface area contributed by atoms with Crippen LogP contribution in [0.5, 0.6) is 0 Å². The SMILES string of the molecule is CC[C@@H](C)Nc1nc(Nc2c(C)cccc2C)cc(-c2ccccc2)n1. The van der Waals surface area contributed by atoms with Crippen LogP contribution < -0.4 is 10.6 Å². The lowest BCUT2D eigenvalue weighted by Gasteiger charge is -2.16. The number of hydrogen-bond donors (Lipinski definition) is 2. The molecule has 2 N–H and O–H groups in total. The fraction of sp³-hybridized carbons (Fsp3) is 0.273. The molecule has 4 nitrogen and oxygen atoms in total. The molecule has 0 spiro atoms. The molecule has 1 aromatic heterocycles. The van der Waals surface area contributed by atoms with Gasteiger partial charge in [-0.2, -0.15) is 4.98 Å². The van der Waals surface area contributed by atoms with E-state index in [0.717, 1.165) is 29.2 Å². The normalized spacial score (nSPS) is 11.8. The van der Waals surface area contributed by atoms with Crippen molar-refractivity contribution in [2.24, 2.45) is 0 Å². The number of anilines is 3. The van der Waals surface area contributed by atoms with Crippen molar-refractivity contribution in [3.05, 3.63) is 65.7 Å². The van der Waals surface area contributed by atoms with E-state index in [-0.39, 0.29) is 0 Å². The number of hydrogen-bond acceptors (Lipinski definition) is 4. The van der Waals surface area contributed by atoms with Gasteiger partial charge in [-0.05, 0) is 38.3 Å². The second-order valence-corrected chi connectivity index (χ2v) is 6.67. The third-order valence-corrected chi connectivity index (χ3v) is 4.52. The molecular formula is C22H26N4. The van der Waals surface area contributed by atoms with Crippen molar-refractivity contribution in [2.45, 2.75) is 40.2 Å². The van der Waals surface area contributed by atoms with E-state index in [1.165, 1.54) is 11.1 Å². The maximum atomic E-state index is 4.72. The van der Waals surface area contributed by atoms with Gasteiger partial charge in [-0.15, -0.1) is 0 Å². The summed E-state index contributed by atoms with van der Waals surface area (Å²) in [6, 6.07) is 18.8. The fourth-order valence-corrected chi connectivity index (χ4v) is 2.79. The summed E-state index contributed by atoms with van der Waals surface area (Å²) in [5.41, 5.74) is 5.47. The number of aromatic nitrogens is 2. The second-order valence-electron chi connectivity index (χ2n) is 6.67. The molecule has 0 radical (unpaired) electrons. The first kappa shape index (κ1) is 17.9. The van der Waals surface area contributed by atoms with Crippen molar-refractivity contribution in [1.82, 2.24) is 9.97 Å². The Bertz CT molecular complexity index is 854. The topological polar surface area (TPSA) is 49.8 Å². The van der Waals surface area contributed by atoms with Gasteiger partial charge in [-0.3, -0.25) is 0 Å². The standard InChI is InChI=1S/C22H26N4/c1-5-17(4)23-22-24-19(18-12-7-6-8-13-18)14-20(26-22)25-21-15(2)10-9-11-16(21)3/h6-14,17H,5H2,1-4H3,(H2,23,24,25,26)/t17-/m1/s1. The Morgan fingerprint density at radius 3 is 2.27 bits per heavy atom. The maximum Gasteiger partial charge on any atom is 0.225 e. The molecule has 0 bridgehead atoms. The molecule has 134 valence electrons. The number of nitrogens with zero attached hydrogens (tertiary/aromatic N) is 2. The Kier molecular flexibility index (Phi) is 5.52. The smallest absolute Gasteiger partial charge is 0.225 e. The van der Waals surface area contributed by atoms with E-state index in [2.05, 4.69) is 68.7 Å². The predicted octanol–water partition coefficient (Wildman–Crippen LogP) is 5.71. The predicted molar refractivity (Wildman–Crippen MR) is 110 cm³/mol. The first-order valence-corrected chi connectivity index (χ1v) is 9.11. The lowest BCUT2D eigenvalue weighted by atomic mass is 10.1. The summed E-state index contributed by atoms with van der Waals surface area (Å²) >= 11 is 0. The zero-order valence-electron chi connectivity index (χ0n) is 15.9. The molecule has 0 saturated heterocycles. The molecule has 26 heavy (non-hydrogen) atoms.